The average molecular weight is 1180 g/mol. The standard InChI is InChI=1S/C86H83BN4/c1-52-42-78-80-79(43-52)91(82-53(2)44-58(45-54(82)3)57-30-38-67-66-26-20-22-28-70(66)86(15,16)71(67)48-57)77-51-65(37-40-72(77)87(80)73-49-60(84(9,10)11)33-41-75(73)90(78)63-34-31-59(32-35-63)83(6,7)8)88(81-55(4)46-61(47-56(81)5)85(12,13)14)64-36-39-69-68-27-21-23-29-74(68)89(76(69)50-64)62-24-18-17-19-25-62/h17-51H,1-16H3. The first-order valence-electron chi connectivity index (χ1n) is 32.9. The predicted octanol–water partition coefficient (Wildman–Crippen LogP) is 21.7. The maximum Gasteiger partial charge on any atom is 0.252 e. The van der Waals surface area contributed by atoms with Gasteiger partial charge in [0.2, 0.25) is 0 Å². The summed E-state index contributed by atoms with van der Waals surface area (Å²) in [7, 11) is 0. The first-order chi connectivity index (χ1) is 43.3. The SMILES string of the molecule is Cc1cc2c3c(c1)N(c1c(C)cc(-c4ccc5c(c4)C(C)(C)c4ccccc4-5)cc1C)c1cc(N(c4ccc5c6ccccc6n(-c6ccccc6)c5c4)c4c(C)cc(C(C)(C)C)cc4C)ccc1B3c1cc(C(C)(C)C)ccc1N2c1ccc(C(C)(C)C)cc1. The summed E-state index contributed by atoms with van der Waals surface area (Å²) in [5, 5.41) is 2.47. The molecule has 91 heavy (non-hydrogen) atoms. The minimum absolute atomic E-state index is 0.0165. The second-order valence-corrected chi connectivity index (χ2v) is 30.2. The van der Waals surface area contributed by atoms with Gasteiger partial charge in [-0.05, 0) is 236 Å². The van der Waals surface area contributed by atoms with Gasteiger partial charge in [0.25, 0.3) is 6.71 Å². The number of hydrogen-bond acceptors (Lipinski definition) is 3. The van der Waals surface area contributed by atoms with Gasteiger partial charge in [-0.1, -0.05) is 197 Å². The van der Waals surface area contributed by atoms with Crippen LogP contribution in [0.4, 0.5) is 51.2 Å². The number of anilines is 9. The van der Waals surface area contributed by atoms with Gasteiger partial charge < -0.3 is 19.3 Å². The summed E-state index contributed by atoms with van der Waals surface area (Å²) in [4.78, 5) is 7.82. The van der Waals surface area contributed by atoms with Crippen molar-refractivity contribution in [2.75, 3.05) is 14.7 Å². The van der Waals surface area contributed by atoms with E-state index in [2.05, 4.69) is 342 Å². The minimum atomic E-state index is -0.109. The molecular formula is C86H83BN4. The number of aryl methyl sites for hydroxylation is 5. The van der Waals surface area contributed by atoms with Crippen LogP contribution in [0.15, 0.2) is 212 Å². The first-order valence-corrected chi connectivity index (χ1v) is 32.9. The van der Waals surface area contributed by atoms with Crippen molar-refractivity contribution in [1.29, 1.82) is 0 Å². The molecule has 11 aromatic carbocycles. The van der Waals surface area contributed by atoms with Crippen LogP contribution in [-0.4, -0.2) is 11.3 Å². The Hall–Kier alpha value is -9.32. The molecule has 0 saturated carbocycles. The molecule has 1 aromatic heterocycles. The van der Waals surface area contributed by atoms with Crippen molar-refractivity contribution < 1.29 is 0 Å². The molecule has 0 bridgehead atoms. The normalized spacial score (nSPS) is 14.0. The van der Waals surface area contributed by atoms with E-state index >= 15 is 0 Å². The molecule has 3 aliphatic rings. The topological polar surface area (TPSA) is 14.7 Å². The van der Waals surface area contributed by atoms with Gasteiger partial charge in [0, 0.05) is 61.7 Å². The third-order valence-electron chi connectivity index (χ3n) is 20.5. The number of hydrogen-bond donors (Lipinski definition) is 0. The lowest BCUT2D eigenvalue weighted by atomic mass is 9.33. The smallest absolute Gasteiger partial charge is 0.252 e. The zero-order chi connectivity index (χ0) is 63.5. The highest BCUT2D eigenvalue weighted by Crippen LogP contribution is 2.53. The van der Waals surface area contributed by atoms with Crippen LogP contribution in [0.1, 0.15) is 132 Å². The maximum atomic E-state index is 2.68. The van der Waals surface area contributed by atoms with Crippen LogP contribution in [0, 0.1) is 34.6 Å². The lowest BCUT2D eigenvalue weighted by Crippen LogP contribution is -2.61. The van der Waals surface area contributed by atoms with Gasteiger partial charge >= 0.3 is 0 Å². The van der Waals surface area contributed by atoms with Crippen molar-refractivity contribution in [1.82, 2.24) is 4.57 Å². The quantitative estimate of drug-likeness (QED) is 0.148. The van der Waals surface area contributed by atoms with E-state index in [1.807, 2.05) is 0 Å². The van der Waals surface area contributed by atoms with Crippen molar-refractivity contribution in [3.8, 4) is 27.9 Å². The lowest BCUT2D eigenvalue weighted by molar-refractivity contribution is 0.589. The van der Waals surface area contributed by atoms with Crippen LogP contribution in [0.2, 0.25) is 0 Å². The molecule has 0 unspecified atom stereocenters. The van der Waals surface area contributed by atoms with E-state index in [0.29, 0.717) is 0 Å². The second-order valence-electron chi connectivity index (χ2n) is 30.2. The molecule has 2 aliphatic heterocycles. The third kappa shape index (κ3) is 9.23. The summed E-state index contributed by atoms with van der Waals surface area (Å²) >= 11 is 0. The predicted molar refractivity (Wildman–Crippen MR) is 392 cm³/mol. The number of rotatable bonds is 7. The van der Waals surface area contributed by atoms with Crippen molar-refractivity contribution in [2.45, 2.75) is 132 Å². The summed E-state index contributed by atoms with van der Waals surface area (Å²) in [6, 6.07) is 82.0. The summed E-state index contributed by atoms with van der Waals surface area (Å²) in [5.41, 5.74) is 35.9. The summed E-state index contributed by atoms with van der Waals surface area (Å²) in [6.45, 7) is 37.3. The van der Waals surface area contributed by atoms with Crippen LogP contribution in [0.5, 0.6) is 0 Å². The molecule has 0 atom stereocenters. The molecule has 1 aliphatic carbocycles. The number of nitrogens with zero attached hydrogens (tertiary/aromatic N) is 4. The molecule has 5 heteroatoms. The number of aromatic nitrogens is 1. The number of fused-ring (bicyclic) bond motifs is 10. The highest BCUT2D eigenvalue weighted by Gasteiger charge is 2.45. The van der Waals surface area contributed by atoms with Gasteiger partial charge in [-0.25, -0.2) is 0 Å². The van der Waals surface area contributed by atoms with Crippen molar-refractivity contribution >= 4 is 96.1 Å². The summed E-state index contributed by atoms with van der Waals surface area (Å²) in [5.74, 6) is 0. The Balaban J connectivity index is 1.00. The van der Waals surface area contributed by atoms with Gasteiger partial charge in [0.1, 0.15) is 0 Å². The van der Waals surface area contributed by atoms with Gasteiger partial charge in [-0.15, -0.1) is 0 Å². The molecule has 0 amide bonds. The lowest BCUT2D eigenvalue weighted by Gasteiger charge is -2.45. The van der Waals surface area contributed by atoms with Crippen molar-refractivity contribution in [3.05, 3.63) is 268 Å². The van der Waals surface area contributed by atoms with Crippen LogP contribution in [-0.2, 0) is 21.7 Å². The van der Waals surface area contributed by atoms with Crippen LogP contribution < -0.4 is 31.1 Å². The van der Waals surface area contributed by atoms with Gasteiger partial charge in [-0.3, -0.25) is 0 Å². The molecule has 0 N–H and O–H groups in total. The zero-order valence-corrected chi connectivity index (χ0v) is 56.1. The van der Waals surface area contributed by atoms with E-state index in [0.717, 1.165) is 22.7 Å². The van der Waals surface area contributed by atoms with Gasteiger partial charge in [0.05, 0.1) is 22.4 Å². The Morgan fingerprint density at radius 1 is 0.385 bits per heavy atom. The van der Waals surface area contributed by atoms with E-state index in [4.69, 9.17) is 0 Å². The monoisotopic (exact) mass is 1180 g/mol. The molecule has 0 fully saturated rings. The van der Waals surface area contributed by atoms with Gasteiger partial charge in [-0.2, -0.15) is 0 Å². The molecule has 4 nitrogen and oxygen atoms in total. The number of para-hydroxylation sites is 2. The molecule has 12 aromatic rings. The van der Waals surface area contributed by atoms with Crippen LogP contribution in [0.3, 0.4) is 0 Å². The molecule has 0 spiro atoms. The Labute approximate surface area is 540 Å². The van der Waals surface area contributed by atoms with Crippen molar-refractivity contribution in [3.63, 3.8) is 0 Å². The van der Waals surface area contributed by atoms with E-state index in [9.17, 15) is 0 Å². The maximum absolute atomic E-state index is 2.68. The second kappa shape index (κ2) is 20.6. The van der Waals surface area contributed by atoms with Gasteiger partial charge in [0.15, 0.2) is 0 Å². The summed E-state index contributed by atoms with van der Waals surface area (Å²) < 4.78 is 2.45. The Morgan fingerprint density at radius 3 is 1.67 bits per heavy atom. The van der Waals surface area contributed by atoms with E-state index in [1.165, 1.54) is 150 Å². The Kier molecular flexibility index (Phi) is 13.2. The van der Waals surface area contributed by atoms with E-state index < -0.39 is 0 Å². The molecule has 0 radical (unpaired) electrons. The largest absolute Gasteiger partial charge is 0.311 e. The Bertz CT molecular complexity index is 4930. The third-order valence-corrected chi connectivity index (χ3v) is 20.5. The zero-order valence-electron chi connectivity index (χ0n) is 56.1. The fourth-order valence-corrected chi connectivity index (χ4v) is 15.8. The van der Waals surface area contributed by atoms with Crippen LogP contribution in [0.25, 0.3) is 49.7 Å². The van der Waals surface area contributed by atoms with Crippen molar-refractivity contribution in [2.24, 2.45) is 0 Å². The highest BCUT2D eigenvalue weighted by atomic mass is 15.2. The molecular weight excluding hydrogens is 1100 g/mol. The van der Waals surface area contributed by atoms with Crippen LogP contribution >= 0.6 is 0 Å². The van der Waals surface area contributed by atoms with E-state index in [1.54, 1.807) is 0 Å². The number of benzene rings is 11. The Morgan fingerprint density at radius 2 is 0.978 bits per heavy atom. The molecule has 450 valence electrons. The summed E-state index contributed by atoms with van der Waals surface area (Å²) in [6.07, 6.45) is 0. The fourth-order valence-electron chi connectivity index (χ4n) is 15.8. The fraction of sp³-hybridized carbons (Fsp3) is 0.233. The molecule has 15 rings (SSSR count). The van der Waals surface area contributed by atoms with E-state index in [-0.39, 0.29) is 28.4 Å². The molecule has 3 heterocycles. The molecule has 0 saturated heterocycles. The minimum Gasteiger partial charge on any atom is -0.311 e. The first kappa shape index (κ1) is 58.1. The highest BCUT2D eigenvalue weighted by molar-refractivity contribution is 7.00. The average Bonchev–Trinajstić information content (AvgIpc) is 1.46.